The third-order valence-electron chi connectivity index (χ3n) is 4.57. The Bertz CT molecular complexity index is 841. The molecule has 6 nitrogen and oxygen atoms in total. The molecular weight excluding hydrogens is 413 g/mol. The number of nitrogens with zero attached hydrogens (tertiary/aromatic N) is 1. The van der Waals surface area contributed by atoms with Crippen molar-refractivity contribution < 1.29 is 23.1 Å². The van der Waals surface area contributed by atoms with Gasteiger partial charge in [-0.3, -0.25) is 9.46 Å². The van der Waals surface area contributed by atoms with Gasteiger partial charge in [0.05, 0.1) is 39.0 Å². The summed E-state index contributed by atoms with van der Waals surface area (Å²) in [7, 11) is -1.28. The minimum Gasteiger partial charge on any atom is -0.481 e. The maximum absolute atomic E-state index is 12.5. The van der Waals surface area contributed by atoms with Crippen molar-refractivity contribution in [2.24, 2.45) is 0 Å². The number of hydrogen-bond acceptors (Lipinski definition) is 6. The van der Waals surface area contributed by atoms with E-state index < -0.39 is 7.60 Å². The summed E-state index contributed by atoms with van der Waals surface area (Å²) < 4.78 is 34.7. The highest BCUT2D eigenvalue weighted by Gasteiger charge is 2.25. The monoisotopic (exact) mass is 445 g/mol. The van der Waals surface area contributed by atoms with E-state index in [1.54, 1.807) is 13.8 Å². The van der Waals surface area contributed by atoms with Gasteiger partial charge in [0, 0.05) is 0 Å². The van der Waals surface area contributed by atoms with Crippen LogP contribution >= 0.6 is 7.60 Å². The van der Waals surface area contributed by atoms with Gasteiger partial charge >= 0.3 is 7.60 Å². The maximum atomic E-state index is 12.5. The number of benzene rings is 2. The van der Waals surface area contributed by atoms with E-state index >= 15 is 0 Å². The Morgan fingerprint density at radius 3 is 2.26 bits per heavy atom. The van der Waals surface area contributed by atoms with E-state index in [1.807, 2.05) is 61.6 Å². The van der Waals surface area contributed by atoms with Crippen LogP contribution < -0.4 is 4.74 Å². The molecule has 0 aliphatic rings. The molecule has 7 heteroatoms. The number of likely N-dealkylation sites (N-methyl/N-ethyl adjacent to an activating group) is 1. The second-order valence-corrected chi connectivity index (χ2v) is 8.92. The second-order valence-electron chi connectivity index (χ2n) is 6.92. The Hall–Kier alpha value is -2.13. The first-order valence-corrected chi connectivity index (χ1v) is 12.1. The van der Waals surface area contributed by atoms with Crippen molar-refractivity contribution in [1.29, 1.82) is 0 Å². The number of ether oxygens (including phenoxy) is 2. The topological polar surface area (TPSA) is 57.2 Å². The van der Waals surface area contributed by atoms with Crippen LogP contribution in [0, 0.1) is 12.3 Å². The third kappa shape index (κ3) is 8.49. The molecular formula is C24H32NO5P. The molecule has 0 fully saturated rings. The molecule has 0 N–H and O–H groups in total. The fourth-order valence-corrected chi connectivity index (χ4v) is 4.36. The lowest BCUT2D eigenvalue weighted by molar-refractivity contribution is 0.0643. The molecule has 0 bridgehead atoms. The van der Waals surface area contributed by atoms with E-state index in [-0.39, 0.29) is 12.4 Å². The summed E-state index contributed by atoms with van der Waals surface area (Å²) in [6.45, 7) is 5.67. The first-order chi connectivity index (χ1) is 15.0. The molecule has 1 unspecified atom stereocenters. The smallest absolute Gasteiger partial charge is 0.367 e. The van der Waals surface area contributed by atoms with E-state index in [0.717, 1.165) is 11.1 Å². The van der Waals surface area contributed by atoms with Gasteiger partial charge in [0.1, 0.15) is 5.75 Å². The molecule has 2 rings (SSSR count). The van der Waals surface area contributed by atoms with Crippen molar-refractivity contribution >= 4 is 7.60 Å². The minimum absolute atomic E-state index is 0.00763. The van der Waals surface area contributed by atoms with E-state index in [9.17, 15) is 4.57 Å². The molecule has 0 spiro atoms. The van der Waals surface area contributed by atoms with Gasteiger partial charge < -0.3 is 18.5 Å². The molecule has 0 saturated heterocycles. The first kappa shape index (κ1) is 25.1. The predicted molar refractivity (Wildman–Crippen MR) is 123 cm³/mol. The molecule has 0 aliphatic heterocycles. The fourth-order valence-electron chi connectivity index (χ4n) is 3.04. The maximum Gasteiger partial charge on any atom is 0.367 e. The Labute approximate surface area is 186 Å². The summed E-state index contributed by atoms with van der Waals surface area (Å²) in [5.41, 5.74) is 2.17. The van der Waals surface area contributed by atoms with Gasteiger partial charge in [-0.2, -0.15) is 0 Å². The Morgan fingerprint density at radius 2 is 1.68 bits per heavy atom. The van der Waals surface area contributed by atoms with Crippen LogP contribution in [0.2, 0.25) is 0 Å². The Kier molecular flexibility index (Phi) is 10.8. The molecule has 2 aromatic rings. The molecule has 0 aromatic heterocycles. The zero-order valence-electron chi connectivity index (χ0n) is 18.5. The van der Waals surface area contributed by atoms with Crippen molar-refractivity contribution in [1.82, 2.24) is 4.90 Å². The Morgan fingerprint density at radius 1 is 1.03 bits per heavy atom. The Balaban J connectivity index is 2.01. The van der Waals surface area contributed by atoms with E-state index in [4.69, 9.17) is 24.9 Å². The third-order valence-corrected chi connectivity index (χ3v) is 6.31. The van der Waals surface area contributed by atoms with Gasteiger partial charge in [0.15, 0.2) is 6.35 Å². The second kappa shape index (κ2) is 13.3. The SMILES string of the molecule is C#CCN(C)C(COCc1ccccc1)c1ccc(OCP(=O)(OCC)OCC)cc1. The molecule has 2 aromatic carbocycles. The lowest BCUT2D eigenvalue weighted by atomic mass is 10.1. The average molecular weight is 445 g/mol. The van der Waals surface area contributed by atoms with E-state index in [0.29, 0.717) is 38.7 Å². The molecule has 0 amide bonds. The summed E-state index contributed by atoms with van der Waals surface area (Å²) >= 11 is 0. The summed E-state index contributed by atoms with van der Waals surface area (Å²) in [5, 5.41) is 0. The highest BCUT2D eigenvalue weighted by Crippen LogP contribution is 2.47. The molecule has 168 valence electrons. The molecule has 31 heavy (non-hydrogen) atoms. The highest BCUT2D eigenvalue weighted by atomic mass is 31.2. The van der Waals surface area contributed by atoms with Crippen LogP contribution in [0.3, 0.4) is 0 Å². The lowest BCUT2D eigenvalue weighted by Gasteiger charge is -2.27. The molecule has 0 saturated carbocycles. The van der Waals surface area contributed by atoms with Crippen LogP contribution in [0.25, 0.3) is 0 Å². The summed E-state index contributed by atoms with van der Waals surface area (Å²) in [5.74, 6) is 3.27. The van der Waals surface area contributed by atoms with Crippen molar-refractivity contribution in [3.63, 3.8) is 0 Å². The number of rotatable bonds is 14. The zero-order valence-corrected chi connectivity index (χ0v) is 19.4. The highest BCUT2D eigenvalue weighted by molar-refractivity contribution is 7.53. The van der Waals surface area contributed by atoms with Gasteiger partial charge in [-0.1, -0.05) is 48.4 Å². The van der Waals surface area contributed by atoms with E-state index in [2.05, 4.69) is 10.8 Å². The average Bonchev–Trinajstić information content (AvgIpc) is 2.77. The van der Waals surface area contributed by atoms with Gasteiger partial charge in [-0.25, -0.2) is 0 Å². The predicted octanol–water partition coefficient (Wildman–Crippen LogP) is 5.11. The quantitative estimate of drug-likeness (QED) is 0.297. The lowest BCUT2D eigenvalue weighted by Crippen LogP contribution is -2.28. The standard InChI is InChI=1S/C24H32NO5P/c1-5-17-25(4)24(19-27-18-21-11-9-8-10-12-21)22-13-15-23(16-14-22)28-20-31(26,29-6-2)30-7-3/h1,8-16,24H,6-7,17-20H2,2-4H3. The van der Waals surface area contributed by atoms with Crippen molar-refractivity contribution in [3.05, 3.63) is 65.7 Å². The van der Waals surface area contributed by atoms with Crippen LogP contribution in [-0.2, 0) is 25.0 Å². The minimum atomic E-state index is -3.26. The molecule has 0 radical (unpaired) electrons. The number of hydrogen-bond donors (Lipinski definition) is 0. The molecule has 1 atom stereocenters. The largest absolute Gasteiger partial charge is 0.481 e. The van der Waals surface area contributed by atoms with Crippen LogP contribution in [0.15, 0.2) is 54.6 Å². The fraction of sp³-hybridized carbons (Fsp3) is 0.417. The zero-order chi connectivity index (χ0) is 22.5. The van der Waals surface area contributed by atoms with Crippen molar-refractivity contribution in [3.8, 4) is 18.1 Å². The number of terminal acetylenes is 1. The summed E-state index contributed by atoms with van der Waals surface area (Å²) in [6, 6.07) is 17.6. The van der Waals surface area contributed by atoms with Crippen LogP contribution in [0.1, 0.15) is 31.0 Å². The van der Waals surface area contributed by atoms with Crippen LogP contribution in [0.4, 0.5) is 0 Å². The summed E-state index contributed by atoms with van der Waals surface area (Å²) in [4.78, 5) is 2.07. The normalized spacial score (nSPS) is 12.5. The van der Waals surface area contributed by atoms with Crippen LogP contribution in [0.5, 0.6) is 5.75 Å². The molecule has 0 aliphatic carbocycles. The summed E-state index contributed by atoms with van der Waals surface area (Å²) in [6.07, 6.45) is 5.39. The van der Waals surface area contributed by atoms with Gasteiger partial charge in [-0.15, -0.1) is 6.42 Å². The van der Waals surface area contributed by atoms with Crippen molar-refractivity contribution in [2.75, 3.05) is 39.8 Å². The van der Waals surface area contributed by atoms with E-state index in [1.165, 1.54) is 0 Å². The first-order valence-electron chi connectivity index (χ1n) is 10.4. The van der Waals surface area contributed by atoms with Crippen LogP contribution in [-0.4, -0.2) is 44.7 Å². The molecule has 0 heterocycles. The van der Waals surface area contributed by atoms with Gasteiger partial charge in [-0.05, 0) is 44.2 Å². The van der Waals surface area contributed by atoms with Gasteiger partial charge in [0.25, 0.3) is 0 Å². The van der Waals surface area contributed by atoms with Crippen molar-refractivity contribution in [2.45, 2.75) is 26.5 Å². The van der Waals surface area contributed by atoms with Gasteiger partial charge in [0.2, 0.25) is 0 Å².